The van der Waals surface area contributed by atoms with Crippen LogP contribution in [-0.2, 0) is 6.54 Å². The molecule has 0 bridgehead atoms. The molecule has 0 aliphatic carbocycles. The van der Waals surface area contributed by atoms with Crippen LogP contribution in [0.3, 0.4) is 0 Å². The zero-order chi connectivity index (χ0) is 9.52. The molecular formula is C9H11BrN2S. The Labute approximate surface area is 90.7 Å². The third kappa shape index (κ3) is 4.41. The number of nitrogens with zero attached hydrogens (tertiary/aromatic N) is 1. The highest BCUT2D eigenvalue weighted by atomic mass is 79.9. The monoisotopic (exact) mass is 258 g/mol. The Balaban J connectivity index is 2.10. The molecule has 13 heavy (non-hydrogen) atoms. The second kappa shape index (κ2) is 6.14. The SMILES string of the molecule is N#CCCCNCc1cc(Br)cs1. The second-order valence-electron chi connectivity index (χ2n) is 2.67. The summed E-state index contributed by atoms with van der Waals surface area (Å²) in [5.41, 5.74) is 0. The van der Waals surface area contributed by atoms with E-state index in [1.807, 2.05) is 0 Å². The van der Waals surface area contributed by atoms with Gasteiger partial charge in [0.1, 0.15) is 0 Å². The molecule has 0 saturated carbocycles. The van der Waals surface area contributed by atoms with Crippen LogP contribution in [0.4, 0.5) is 0 Å². The predicted octanol–water partition coefficient (Wildman–Crippen LogP) is 2.90. The van der Waals surface area contributed by atoms with Crippen LogP contribution in [-0.4, -0.2) is 6.54 Å². The second-order valence-corrected chi connectivity index (χ2v) is 4.58. The lowest BCUT2D eigenvalue weighted by Crippen LogP contribution is -2.13. The maximum Gasteiger partial charge on any atom is 0.0622 e. The first-order valence-corrected chi connectivity index (χ1v) is 5.81. The van der Waals surface area contributed by atoms with Crippen LogP contribution >= 0.6 is 27.3 Å². The Morgan fingerprint density at radius 1 is 1.62 bits per heavy atom. The molecule has 0 aromatic carbocycles. The minimum atomic E-state index is 0.640. The molecule has 1 aromatic rings. The van der Waals surface area contributed by atoms with E-state index in [9.17, 15) is 0 Å². The Bertz CT molecular complexity index is 290. The number of halogens is 1. The molecule has 1 heterocycles. The lowest BCUT2D eigenvalue weighted by atomic mass is 10.3. The van der Waals surface area contributed by atoms with E-state index in [1.54, 1.807) is 11.3 Å². The Hall–Kier alpha value is -0.370. The summed E-state index contributed by atoms with van der Waals surface area (Å²) >= 11 is 5.14. The molecule has 0 spiro atoms. The van der Waals surface area contributed by atoms with E-state index in [2.05, 4.69) is 38.8 Å². The molecule has 4 heteroatoms. The van der Waals surface area contributed by atoms with Gasteiger partial charge in [0, 0.05) is 27.7 Å². The fourth-order valence-corrected chi connectivity index (χ4v) is 2.37. The molecule has 0 amide bonds. The van der Waals surface area contributed by atoms with Crippen LogP contribution in [0, 0.1) is 11.3 Å². The molecule has 1 rings (SSSR count). The number of hydrogen-bond donors (Lipinski definition) is 1. The van der Waals surface area contributed by atoms with Crippen LogP contribution in [0.5, 0.6) is 0 Å². The van der Waals surface area contributed by atoms with Crippen LogP contribution < -0.4 is 5.32 Å². The summed E-state index contributed by atoms with van der Waals surface area (Å²) in [7, 11) is 0. The van der Waals surface area contributed by atoms with Crippen molar-refractivity contribution in [3.05, 3.63) is 20.8 Å². The minimum absolute atomic E-state index is 0.640. The molecule has 0 atom stereocenters. The fourth-order valence-electron chi connectivity index (χ4n) is 0.951. The van der Waals surface area contributed by atoms with E-state index in [0.717, 1.165) is 24.0 Å². The molecule has 0 fully saturated rings. The summed E-state index contributed by atoms with van der Waals surface area (Å²) in [4.78, 5) is 1.32. The Morgan fingerprint density at radius 3 is 3.08 bits per heavy atom. The van der Waals surface area contributed by atoms with Crippen LogP contribution in [0.15, 0.2) is 15.9 Å². The van der Waals surface area contributed by atoms with Gasteiger partial charge >= 0.3 is 0 Å². The van der Waals surface area contributed by atoms with Gasteiger partial charge in [0.2, 0.25) is 0 Å². The van der Waals surface area contributed by atoms with Gasteiger partial charge in [0.25, 0.3) is 0 Å². The normalized spacial score (nSPS) is 9.85. The first-order chi connectivity index (χ1) is 6.33. The maximum absolute atomic E-state index is 8.30. The average Bonchev–Trinajstić information content (AvgIpc) is 2.51. The van der Waals surface area contributed by atoms with Crippen molar-refractivity contribution >= 4 is 27.3 Å². The third-order valence-electron chi connectivity index (χ3n) is 1.56. The van der Waals surface area contributed by atoms with Crippen molar-refractivity contribution < 1.29 is 0 Å². The number of nitriles is 1. The summed E-state index contributed by atoms with van der Waals surface area (Å²) in [6.45, 7) is 1.82. The number of rotatable bonds is 5. The van der Waals surface area contributed by atoms with Gasteiger partial charge in [-0.3, -0.25) is 0 Å². The van der Waals surface area contributed by atoms with Crippen molar-refractivity contribution in [2.24, 2.45) is 0 Å². The average molecular weight is 259 g/mol. The Morgan fingerprint density at radius 2 is 2.46 bits per heavy atom. The van der Waals surface area contributed by atoms with E-state index >= 15 is 0 Å². The highest BCUT2D eigenvalue weighted by molar-refractivity contribution is 9.10. The van der Waals surface area contributed by atoms with Gasteiger partial charge in [-0.1, -0.05) is 0 Å². The first kappa shape index (κ1) is 10.7. The molecule has 70 valence electrons. The van der Waals surface area contributed by atoms with Gasteiger partial charge in [0.15, 0.2) is 0 Å². The molecule has 0 aliphatic rings. The van der Waals surface area contributed by atoms with E-state index in [1.165, 1.54) is 4.88 Å². The third-order valence-corrected chi connectivity index (χ3v) is 3.26. The van der Waals surface area contributed by atoms with Crippen molar-refractivity contribution in [2.45, 2.75) is 19.4 Å². The topological polar surface area (TPSA) is 35.8 Å². The zero-order valence-electron chi connectivity index (χ0n) is 7.22. The van der Waals surface area contributed by atoms with E-state index in [0.29, 0.717) is 6.42 Å². The lowest BCUT2D eigenvalue weighted by molar-refractivity contribution is 0.663. The molecule has 2 nitrogen and oxygen atoms in total. The van der Waals surface area contributed by atoms with Gasteiger partial charge in [0.05, 0.1) is 6.07 Å². The summed E-state index contributed by atoms with van der Waals surface area (Å²) < 4.78 is 1.14. The van der Waals surface area contributed by atoms with Gasteiger partial charge in [-0.05, 0) is 35.0 Å². The molecule has 0 aliphatic heterocycles. The smallest absolute Gasteiger partial charge is 0.0622 e. The van der Waals surface area contributed by atoms with Crippen molar-refractivity contribution in [1.82, 2.24) is 5.32 Å². The lowest BCUT2D eigenvalue weighted by Gasteiger charge is -1.99. The van der Waals surface area contributed by atoms with Crippen LogP contribution in [0.1, 0.15) is 17.7 Å². The summed E-state index contributed by atoms with van der Waals surface area (Å²) in [6.07, 6.45) is 1.57. The fraction of sp³-hybridized carbons (Fsp3) is 0.444. The van der Waals surface area contributed by atoms with E-state index < -0.39 is 0 Å². The number of thiophene rings is 1. The highest BCUT2D eigenvalue weighted by Gasteiger charge is 1.95. The standard InChI is InChI=1S/C9H11BrN2S/c10-8-5-9(13-7-8)6-12-4-2-1-3-11/h5,7,12H,1-2,4,6H2. The molecule has 1 aromatic heterocycles. The number of nitrogens with one attached hydrogen (secondary N) is 1. The van der Waals surface area contributed by atoms with Crippen LogP contribution in [0.2, 0.25) is 0 Å². The van der Waals surface area contributed by atoms with Gasteiger partial charge in [-0.2, -0.15) is 5.26 Å². The first-order valence-electron chi connectivity index (χ1n) is 4.13. The number of unbranched alkanes of at least 4 members (excludes halogenated alkanes) is 1. The molecule has 0 unspecified atom stereocenters. The predicted molar refractivity (Wildman–Crippen MR) is 58.6 cm³/mol. The van der Waals surface area contributed by atoms with E-state index in [-0.39, 0.29) is 0 Å². The van der Waals surface area contributed by atoms with Crippen molar-refractivity contribution in [1.29, 1.82) is 5.26 Å². The van der Waals surface area contributed by atoms with E-state index in [4.69, 9.17) is 5.26 Å². The van der Waals surface area contributed by atoms with Gasteiger partial charge in [-0.15, -0.1) is 11.3 Å². The maximum atomic E-state index is 8.30. The van der Waals surface area contributed by atoms with Gasteiger partial charge in [-0.25, -0.2) is 0 Å². The molecule has 0 radical (unpaired) electrons. The summed E-state index contributed by atoms with van der Waals surface area (Å²) in [6, 6.07) is 4.24. The largest absolute Gasteiger partial charge is 0.312 e. The Kier molecular flexibility index (Phi) is 5.06. The summed E-state index contributed by atoms with van der Waals surface area (Å²) in [5, 5.41) is 13.7. The highest BCUT2D eigenvalue weighted by Crippen LogP contribution is 2.19. The molecule has 0 saturated heterocycles. The molecule has 1 N–H and O–H groups in total. The quantitative estimate of drug-likeness (QED) is 0.825. The minimum Gasteiger partial charge on any atom is -0.312 e. The number of hydrogen-bond acceptors (Lipinski definition) is 3. The van der Waals surface area contributed by atoms with Crippen molar-refractivity contribution in [2.75, 3.05) is 6.54 Å². The van der Waals surface area contributed by atoms with Crippen molar-refractivity contribution in [3.8, 4) is 6.07 Å². The summed E-state index contributed by atoms with van der Waals surface area (Å²) in [5.74, 6) is 0. The van der Waals surface area contributed by atoms with Crippen molar-refractivity contribution in [3.63, 3.8) is 0 Å². The van der Waals surface area contributed by atoms with Gasteiger partial charge < -0.3 is 5.32 Å². The zero-order valence-corrected chi connectivity index (χ0v) is 9.62. The van der Waals surface area contributed by atoms with Crippen LogP contribution in [0.25, 0.3) is 0 Å². The molecular weight excluding hydrogens is 248 g/mol.